The monoisotopic (exact) mass is 369 g/mol. The molecule has 6 heteroatoms. The van der Waals surface area contributed by atoms with Gasteiger partial charge in [0.05, 0.1) is 33.5 Å². The molecule has 2 aromatic carbocycles. The lowest BCUT2D eigenvalue weighted by atomic mass is 10.0. The second-order valence-electron chi connectivity index (χ2n) is 5.97. The van der Waals surface area contributed by atoms with Crippen LogP contribution in [0.1, 0.15) is 13.3 Å². The molecule has 6 nitrogen and oxygen atoms in total. The van der Waals surface area contributed by atoms with E-state index in [-0.39, 0.29) is 5.43 Å². The van der Waals surface area contributed by atoms with Crippen LogP contribution in [0.2, 0.25) is 0 Å². The third-order valence-electron chi connectivity index (χ3n) is 4.31. The molecular formula is C21H23NO5. The quantitative estimate of drug-likeness (QED) is 0.681. The molecule has 1 heterocycles. The van der Waals surface area contributed by atoms with E-state index in [9.17, 15) is 4.79 Å². The molecule has 0 aliphatic rings. The van der Waals surface area contributed by atoms with Crippen molar-refractivity contribution in [2.24, 2.45) is 0 Å². The maximum atomic E-state index is 13.1. The summed E-state index contributed by atoms with van der Waals surface area (Å²) in [6.45, 7) is 2.63. The average Bonchev–Trinajstić information content (AvgIpc) is 2.71. The molecule has 0 radical (unpaired) electrons. The maximum absolute atomic E-state index is 13.1. The molecule has 0 aliphatic heterocycles. The van der Waals surface area contributed by atoms with Crippen LogP contribution in [0.25, 0.3) is 22.0 Å². The van der Waals surface area contributed by atoms with Gasteiger partial charge in [-0.3, -0.25) is 4.79 Å². The highest BCUT2D eigenvalue weighted by Gasteiger charge is 2.17. The molecular weight excluding hydrogens is 346 g/mol. The lowest BCUT2D eigenvalue weighted by Gasteiger charge is -2.14. The topological polar surface area (TPSA) is 69.8 Å². The van der Waals surface area contributed by atoms with Crippen molar-refractivity contribution in [1.29, 1.82) is 0 Å². The van der Waals surface area contributed by atoms with E-state index in [4.69, 9.17) is 18.9 Å². The van der Waals surface area contributed by atoms with Crippen LogP contribution in [0, 0.1) is 0 Å². The Morgan fingerprint density at radius 1 is 0.963 bits per heavy atom. The molecule has 142 valence electrons. The zero-order chi connectivity index (χ0) is 19.4. The van der Waals surface area contributed by atoms with Gasteiger partial charge < -0.3 is 23.9 Å². The molecule has 27 heavy (non-hydrogen) atoms. The van der Waals surface area contributed by atoms with Gasteiger partial charge in [0.25, 0.3) is 0 Å². The van der Waals surface area contributed by atoms with Crippen LogP contribution in [0.3, 0.4) is 0 Å². The maximum Gasteiger partial charge on any atom is 0.203 e. The fraction of sp³-hybridized carbons (Fsp3) is 0.286. The SMILES string of the molecule is CCCOc1cccc2c(=O)c(-c3cc(OC)c(OC)c(OC)c3)c[nH]c12. The van der Waals surface area contributed by atoms with Crippen LogP contribution in [0.15, 0.2) is 41.3 Å². The Labute approximate surface area is 157 Å². The Morgan fingerprint density at radius 3 is 2.26 bits per heavy atom. The van der Waals surface area contributed by atoms with Crippen molar-refractivity contribution in [2.75, 3.05) is 27.9 Å². The van der Waals surface area contributed by atoms with Crippen LogP contribution >= 0.6 is 0 Å². The van der Waals surface area contributed by atoms with E-state index in [1.165, 1.54) is 0 Å². The Kier molecular flexibility index (Phi) is 5.54. The summed E-state index contributed by atoms with van der Waals surface area (Å²) in [7, 11) is 4.63. The number of nitrogens with one attached hydrogen (secondary N) is 1. The number of pyridine rings is 1. The van der Waals surface area contributed by atoms with Gasteiger partial charge in [0.2, 0.25) is 5.75 Å². The van der Waals surface area contributed by atoms with Gasteiger partial charge in [-0.15, -0.1) is 0 Å². The van der Waals surface area contributed by atoms with E-state index < -0.39 is 0 Å². The number of aromatic amines is 1. The summed E-state index contributed by atoms with van der Waals surface area (Å²) in [4.78, 5) is 16.3. The van der Waals surface area contributed by atoms with Gasteiger partial charge in [0.1, 0.15) is 5.75 Å². The van der Waals surface area contributed by atoms with E-state index in [1.54, 1.807) is 45.7 Å². The van der Waals surface area contributed by atoms with Gasteiger partial charge in [-0.2, -0.15) is 0 Å². The van der Waals surface area contributed by atoms with E-state index in [0.717, 1.165) is 6.42 Å². The molecule has 3 rings (SSSR count). The summed E-state index contributed by atoms with van der Waals surface area (Å²) in [5.41, 5.74) is 1.77. The minimum absolute atomic E-state index is 0.0972. The fourth-order valence-electron chi connectivity index (χ4n) is 3.01. The summed E-state index contributed by atoms with van der Waals surface area (Å²) in [5, 5.41) is 0.565. The van der Waals surface area contributed by atoms with Crippen LogP contribution < -0.4 is 24.4 Å². The Balaban J connectivity index is 2.18. The Morgan fingerprint density at radius 2 is 1.67 bits per heavy atom. The first-order valence-electron chi connectivity index (χ1n) is 8.72. The van der Waals surface area contributed by atoms with E-state index in [0.29, 0.717) is 51.6 Å². The second-order valence-corrected chi connectivity index (χ2v) is 5.97. The van der Waals surface area contributed by atoms with Crippen molar-refractivity contribution in [2.45, 2.75) is 13.3 Å². The van der Waals surface area contributed by atoms with Crippen molar-refractivity contribution >= 4 is 10.9 Å². The van der Waals surface area contributed by atoms with Gasteiger partial charge in [-0.1, -0.05) is 13.0 Å². The minimum Gasteiger partial charge on any atom is -0.493 e. The molecule has 0 saturated carbocycles. The summed E-state index contributed by atoms with van der Waals surface area (Å²) >= 11 is 0. The molecule has 1 N–H and O–H groups in total. The zero-order valence-corrected chi connectivity index (χ0v) is 15.9. The number of rotatable bonds is 7. The smallest absolute Gasteiger partial charge is 0.203 e. The third-order valence-corrected chi connectivity index (χ3v) is 4.31. The first kappa shape index (κ1) is 18.6. The van der Waals surface area contributed by atoms with Crippen LogP contribution in [0.4, 0.5) is 0 Å². The highest BCUT2D eigenvalue weighted by atomic mass is 16.5. The van der Waals surface area contributed by atoms with Gasteiger partial charge in [0, 0.05) is 17.1 Å². The van der Waals surface area contributed by atoms with Crippen LogP contribution in [-0.2, 0) is 0 Å². The van der Waals surface area contributed by atoms with E-state index in [2.05, 4.69) is 4.98 Å². The number of hydrogen-bond donors (Lipinski definition) is 1. The number of hydrogen-bond acceptors (Lipinski definition) is 5. The lowest BCUT2D eigenvalue weighted by molar-refractivity contribution is 0.320. The fourth-order valence-corrected chi connectivity index (χ4v) is 3.01. The predicted molar refractivity (Wildman–Crippen MR) is 105 cm³/mol. The van der Waals surface area contributed by atoms with Gasteiger partial charge in [-0.05, 0) is 36.2 Å². The molecule has 0 bridgehead atoms. The Bertz CT molecular complexity index is 984. The van der Waals surface area contributed by atoms with Crippen molar-refractivity contribution in [1.82, 2.24) is 4.98 Å². The van der Waals surface area contributed by atoms with Crippen molar-refractivity contribution in [3.63, 3.8) is 0 Å². The van der Waals surface area contributed by atoms with Gasteiger partial charge in [-0.25, -0.2) is 0 Å². The summed E-state index contributed by atoms with van der Waals surface area (Å²) in [5.74, 6) is 2.14. The summed E-state index contributed by atoms with van der Waals surface area (Å²) in [6, 6.07) is 8.98. The van der Waals surface area contributed by atoms with Gasteiger partial charge in [0.15, 0.2) is 16.9 Å². The number of benzene rings is 2. The number of para-hydroxylation sites is 1. The minimum atomic E-state index is -0.0972. The van der Waals surface area contributed by atoms with Crippen LogP contribution in [0.5, 0.6) is 23.0 Å². The van der Waals surface area contributed by atoms with Crippen molar-refractivity contribution in [3.8, 4) is 34.1 Å². The standard InChI is InChI=1S/C21H23NO5/c1-5-9-27-16-8-6-7-14-19(16)22-12-15(20(14)23)13-10-17(24-2)21(26-4)18(11-13)25-3/h6-8,10-12H,5,9H2,1-4H3,(H,22,23). The highest BCUT2D eigenvalue weighted by Crippen LogP contribution is 2.40. The van der Waals surface area contributed by atoms with Crippen molar-refractivity contribution in [3.05, 3.63) is 46.8 Å². The first-order chi connectivity index (χ1) is 13.1. The predicted octanol–water partition coefficient (Wildman–Crippen LogP) is 4.01. The third kappa shape index (κ3) is 3.43. The largest absolute Gasteiger partial charge is 0.493 e. The number of fused-ring (bicyclic) bond motifs is 1. The molecule has 1 aromatic heterocycles. The lowest BCUT2D eigenvalue weighted by Crippen LogP contribution is -2.08. The molecule has 0 amide bonds. The summed E-state index contributed by atoms with van der Waals surface area (Å²) in [6.07, 6.45) is 2.58. The number of H-pyrrole nitrogens is 1. The van der Waals surface area contributed by atoms with Gasteiger partial charge >= 0.3 is 0 Å². The molecule has 0 unspecified atom stereocenters. The first-order valence-corrected chi connectivity index (χ1v) is 8.72. The average molecular weight is 369 g/mol. The molecule has 0 aliphatic carbocycles. The van der Waals surface area contributed by atoms with E-state index in [1.807, 2.05) is 19.1 Å². The molecule has 0 atom stereocenters. The highest BCUT2D eigenvalue weighted by molar-refractivity contribution is 5.88. The number of methoxy groups -OCH3 is 3. The number of ether oxygens (including phenoxy) is 4. The zero-order valence-electron chi connectivity index (χ0n) is 15.9. The summed E-state index contributed by atoms with van der Waals surface area (Å²) < 4.78 is 21.9. The second kappa shape index (κ2) is 8.03. The molecule has 0 saturated heterocycles. The molecule has 3 aromatic rings. The molecule has 0 fully saturated rings. The Hall–Kier alpha value is -3.15. The number of aromatic nitrogens is 1. The normalized spacial score (nSPS) is 10.7. The van der Waals surface area contributed by atoms with Crippen molar-refractivity contribution < 1.29 is 18.9 Å². The molecule has 0 spiro atoms. The van der Waals surface area contributed by atoms with E-state index >= 15 is 0 Å². The van der Waals surface area contributed by atoms with Crippen LogP contribution in [-0.4, -0.2) is 32.9 Å².